The number of rotatable bonds is 4. The van der Waals surface area contributed by atoms with Gasteiger partial charge in [-0.2, -0.15) is 0 Å². The number of carbonyl (C=O) groups is 1. The summed E-state index contributed by atoms with van der Waals surface area (Å²) >= 11 is 0. The molecule has 2 atom stereocenters. The van der Waals surface area contributed by atoms with Crippen LogP contribution in [0.15, 0.2) is 54.6 Å². The van der Waals surface area contributed by atoms with Crippen LogP contribution >= 0.6 is 0 Å². The third kappa shape index (κ3) is 3.07. The first-order chi connectivity index (χ1) is 10.2. The van der Waals surface area contributed by atoms with E-state index in [4.69, 9.17) is 4.74 Å². The fourth-order valence-electron chi connectivity index (χ4n) is 2.75. The molecule has 0 spiro atoms. The third-order valence-corrected chi connectivity index (χ3v) is 3.87. The third-order valence-electron chi connectivity index (χ3n) is 3.87. The van der Waals surface area contributed by atoms with Crippen LogP contribution in [0.4, 0.5) is 0 Å². The molecular weight excluding hydrogens is 262 g/mol. The first kappa shape index (κ1) is 13.7. The van der Waals surface area contributed by atoms with Crippen molar-refractivity contribution in [3.8, 4) is 5.75 Å². The topological polar surface area (TPSA) is 38.3 Å². The number of hydrogen-bond acceptors (Lipinski definition) is 2. The summed E-state index contributed by atoms with van der Waals surface area (Å²) in [5.41, 5.74) is 2.57. The molecule has 1 N–H and O–H groups in total. The van der Waals surface area contributed by atoms with E-state index in [0.717, 1.165) is 12.8 Å². The molecule has 0 aliphatic heterocycles. The fourth-order valence-corrected chi connectivity index (χ4v) is 2.75. The number of fused-ring (bicyclic) bond motifs is 1. The zero-order valence-corrected chi connectivity index (χ0v) is 12.1. The number of nitrogens with one attached hydrogen (secondary N) is 1. The van der Waals surface area contributed by atoms with Gasteiger partial charge in [0, 0.05) is 0 Å². The van der Waals surface area contributed by atoms with E-state index in [2.05, 4.69) is 17.4 Å². The van der Waals surface area contributed by atoms with Crippen molar-refractivity contribution in [3.05, 3.63) is 65.7 Å². The lowest BCUT2D eigenvalue weighted by atomic mass is 10.1. The molecule has 1 amide bonds. The van der Waals surface area contributed by atoms with Gasteiger partial charge in [-0.3, -0.25) is 4.79 Å². The summed E-state index contributed by atoms with van der Waals surface area (Å²) in [6.07, 6.45) is 1.48. The van der Waals surface area contributed by atoms with Gasteiger partial charge in [-0.05, 0) is 43.0 Å². The van der Waals surface area contributed by atoms with Gasteiger partial charge >= 0.3 is 0 Å². The van der Waals surface area contributed by atoms with Crippen LogP contribution in [-0.2, 0) is 11.2 Å². The number of carbonyl (C=O) groups excluding carboxylic acids is 1. The maximum atomic E-state index is 12.3. The lowest BCUT2D eigenvalue weighted by Gasteiger charge is -2.19. The molecule has 0 saturated heterocycles. The van der Waals surface area contributed by atoms with Gasteiger partial charge in [-0.1, -0.05) is 42.5 Å². The lowest BCUT2D eigenvalue weighted by Crippen LogP contribution is -2.38. The normalized spacial score (nSPS) is 17.9. The summed E-state index contributed by atoms with van der Waals surface area (Å²) in [6, 6.07) is 17.8. The predicted octanol–water partition coefficient (Wildman–Crippen LogP) is 3.26. The molecule has 0 bridgehead atoms. The zero-order valence-electron chi connectivity index (χ0n) is 12.1. The Morgan fingerprint density at radius 3 is 2.67 bits per heavy atom. The SMILES string of the molecule is CC(Oc1ccccc1)C(=O)NC1CCc2ccccc21. The Balaban J connectivity index is 1.62. The van der Waals surface area contributed by atoms with Gasteiger partial charge in [0.05, 0.1) is 6.04 Å². The first-order valence-electron chi connectivity index (χ1n) is 7.34. The molecular formula is C18H19NO2. The van der Waals surface area contributed by atoms with Crippen LogP contribution in [0.25, 0.3) is 0 Å². The molecule has 2 aromatic rings. The van der Waals surface area contributed by atoms with Gasteiger partial charge < -0.3 is 10.1 Å². The van der Waals surface area contributed by atoms with E-state index >= 15 is 0 Å². The van der Waals surface area contributed by atoms with Crippen molar-refractivity contribution in [2.24, 2.45) is 0 Å². The predicted molar refractivity (Wildman–Crippen MR) is 82.2 cm³/mol. The molecule has 1 aliphatic carbocycles. The molecule has 21 heavy (non-hydrogen) atoms. The Kier molecular flexibility index (Phi) is 3.91. The highest BCUT2D eigenvalue weighted by Crippen LogP contribution is 2.30. The molecule has 3 nitrogen and oxygen atoms in total. The van der Waals surface area contributed by atoms with Crippen molar-refractivity contribution in [3.63, 3.8) is 0 Å². The number of aryl methyl sites for hydroxylation is 1. The maximum Gasteiger partial charge on any atom is 0.261 e. The van der Waals surface area contributed by atoms with E-state index in [0.29, 0.717) is 5.75 Å². The minimum atomic E-state index is -0.500. The first-order valence-corrected chi connectivity index (χ1v) is 7.34. The molecule has 0 fully saturated rings. The lowest BCUT2D eigenvalue weighted by molar-refractivity contribution is -0.128. The highest BCUT2D eigenvalue weighted by molar-refractivity contribution is 5.81. The quantitative estimate of drug-likeness (QED) is 0.934. The van der Waals surface area contributed by atoms with Crippen molar-refractivity contribution >= 4 is 5.91 Å². The standard InChI is InChI=1S/C18H19NO2/c1-13(21-15-8-3-2-4-9-15)18(20)19-17-12-11-14-7-5-6-10-16(14)17/h2-10,13,17H,11-12H2,1H3,(H,19,20). The molecule has 0 heterocycles. The highest BCUT2D eigenvalue weighted by Gasteiger charge is 2.25. The molecule has 2 unspecified atom stereocenters. The monoisotopic (exact) mass is 281 g/mol. The average molecular weight is 281 g/mol. The Morgan fingerprint density at radius 2 is 1.86 bits per heavy atom. The van der Waals surface area contributed by atoms with Crippen molar-refractivity contribution in [2.75, 3.05) is 0 Å². The Hall–Kier alpha value is -2.29. The minimum absolute atomic E-state index is 0.0689. The van der Waals surface area contributed by atoms with E-state index in [1.165, 1.54) is 11.1 Å². The molecule has 0 radical (unpaired) electrons. The molecule has 108 valence electrons. The average Bonchev–Trinajstić information content (AvgIpc) is 2.91. The van der Waals surface area contributed by atoms with Crippen LogP contribution in [0.3, 0.4) is 0 Å². The number of amides is 1. The molecule has 1 aliphatic rings. The van der Waals surface area contributed by atoms with Crippen molar-refractivity contribution in [1.82, 2.24) is 5.32 Å². The van der Waals surface area contributed by atoms with Crippen molar-refractivity contribution in [2.45, 2.75) is 31.9 Å². The van der Waals surface area contributed by atoms with E-state index in [1.807, 2.05) is 42.5 Å². The van der Waals surface area contributed by atoms with Crippen molar-refractivity contribution in [1.29, 1.82) is 0 Å². The van der Waals surface area contributed by atoms with Gasteiger partial charge in [0.15, 0.2) is 6.10 Å². The molecule has 3 heteroatoms. The largest absolute Gasteiger partial charge is 0.481 e. The van der Waals surface area contributed by atoms with Crippen LogP contribution in [-0.4, -0.2) is 12.0 Å². The molecule has 3 rings (SSSR count). The molecule has 2 aromatic carbocycles. The molecule has 0 saturated carbocycles. The van der Waals surface area contributed by atoms with Gasteiger partial charge in [0.1, 0.15) is 5.75 Å². The van der Waals surface area contributed by atoms with Crippen LogP contribution in [0.5, 0.6) is 5.75 Å². The number of ether oxygens (including phenoxy) is 1. The Labute approximate surface area is 124 Å². The van der Waals surface area contributed by atoms with Gasteiger partial charge in [-0.25, -0.2) is 0 Å². The van der Waals surface area contributed by atoms with Crippen LogP contribution in [0.2, 0.25) is 0 Å². The van der Waals surface area contributed by atoms with E-state index in [-0.39, 0.29) is 11.9 Å². The Bertz CT molecular complexity index is 624. The summed E-state index contributed by atoms with van der Waals surface area (Å²) in [5.74, 6) is 0.646. The van der Waals surface area contributed by atoms with Gasteiger partial charge in [-0.15, -0.1) is 0 Å². The maximum absolute atomic E-state index is 12.3. The number of hydrogen-bond donors (Lipinski definition) is 1. The highest BCUT2D eigenvalue weighted by atomic mass is 16.5. The van der Waals surface area contributed by atoms with Gasteiger partial charge in [0.25, 0.3) is 5.91 Å². The molecule has 0 aromatic heterocycles. The van der Waals surface area contributed by atoms with E-state index < -0.39 is 6.10 Å². The number of benzene rings is 2. The summed E-state index contributed by atoms with van der Waals surface area (Å²) in [6.45, 7) is 1.78. The second-order valence-electron chi connectivity index (χ2n) is 5.37. The summed E-state index contributed by atoms with van der Waals surface area (Å²) in [5, 5.41) is 3.09. The fraction of sp³-hybridized carbons (Fsp3) is 0.278. The van der Waals surface area contributed by atoms with Gasteiger partial charge in [0.2, 0.25) is 0 Å². The minimum Gasteiger partial charge on any atom is -0.481 e. The summed E-state index contributed by atoms with van der Waals surface area (Å²) < 4.78 is 5.66. The number of para-hydroxylation sites is 1. The van der Waals surface area contributed by atoms with E-state index in [9.17, 15) is 4.79 Å². The second kappa shape index (κ2) is 6.00. The van der Waals surface area contributed by atoms with Crippen molar-refractivity contribution < 1.29 is 9.53 Å². The van der Waals surface area contributed by atoms with E-state index in [1.54, 1.807) is 6.92 Å². The van der Waals surface area contributed by atoms with Crippen LogP contribution in [0.1, 0.15) is 30.5 Å². The second-order valence-corrected chi connectivity index (χ2v) is 5.37. The summed E-state index contributed by atoms with van der Waals surface area (Å²) in [7, 11) is 0. The summed E-state index contributed by atoms with van der Waals surface area (Å²) in [4.78, 5) is 12.3. The zero-order chi connectivity index (χ0) is 14.7. The smallest absolute Gasteiger partial charge is 0.261 e. The van der Waals surface area contributed by atoms with Crippen LogP contribution in [0, 0.1) is 0 Å². The Morgan fingerprint density at radius 1 is 1.14 bits per heavy atom. The van der Waals surface area contributed by atoms with Crippen LogP contribution < -0.4 is 10.1 Å².